The number of amides is 2. The van der Waals surface area contributed by atoms with Gasteiger partial charge >= 0.3 is 0 Å². The summed E-state index contributed by atoms with van der Waals surface area (Å²) in [7, 11) is 0. The highest BCUT2D eigenvalue weighted by Gasteiger charge is 2.35. The molecule has 2 unspecified atom stereocenters. The molecule has 4 heteroatoms. The van der Waals surface area contributed by atoms with Gasteiger partial charge in [-0.2, -0.15) is 0 Å². The third-order valence-corrected chi connectivity index (χ3v) is 3.26. The van der Waals surface area contributed by atoms with Crippen LogP contribution in [0.25, 0.3) is 0 Å². The number of carbonyl (C=O) groups is 2. The van der Waals surface area contributed by atoms with Crippen molar-refractivity contribution in [1.29, 1.82) is 0 Å². The summed E-state index contributed by atoms with van der Waals surface area (Å²) in [6.07, 6.45) is 1.63. The molecule has 1 aliphatic rings. The van der Waals surface area contributed by atoms with Gasteiger partial charge in [-0.15, -0.1) is 0 Å². The van der Waals surface area contributed by atoms with Crippen molar-refractivity contribution in [1.82, 2.24) is 10.2 Å². The van der Waals surface area contributed by atoms with Crippen LogP contribution in [0.2, 0.25) is 0 Å². The molecule has 16 heavy (non-hydrogen) atoms. The molecule has 1 N–H and O–H groups in total. The van der Waals surface area contributed by atoms with E-state index in [1.807, 2.05) is 13.8 Å². The first-order valence-electron chi connectivity index (χ1n) is 6.07. The summed E-state index contributed by atoms with van der Waals surface area (Å²) in [6.45, 7) is 8.37. The molecular weight excluding hydrogens is 204 g/mol. The molecule has 2 amide bonds. The van der Waals surface area contributed by atoms with Crippen molar-refractivity contribution in [2.24, 2.45) is 5.92 Å². The van der Waals surface area contributed by atoms with Gasteiger partial charge in [-0.25, -0.2) is 0 Å². The minimum atomic E-state index is -0.313. The highest BCUT2D eigenvalue weighted by atomic mass is 16.2. The fourth-order valence-corrected chi connectivity index (χ4v) is 1.92. The van der Waals surface area contributed by atoms with Gasteiger partial charge in [-0.3, -0.25) is 9.59 Å². The van der Waals surface area contributed by atoms with E-state index in [0.29, 0.717) is 5.92 Å². The molecule has 0 bridgehead atoms. The summed E-state index contributed by atoms with van der Waals surface area (Å²) in [5.74, 6) is 0.408. The van der Waals surface area contributed by atoms with Gasteiger partial charge in [0.15, 0.2) is 0 Å². The zero-order valence-electron chi connectivity index (χ0n) is 10.6. The summed E-state index contributed by atoms with van der Waals surface area (Å²) in [5, 5.41) is 2.76. The maximum absolute atomic E-state index is 12.1. The van der Waals surface area contributed by atoms with Gasteiger partial charge in [0.1, 0.15) is 6.04 Å². The van der Waals surface area contributed by atoms with Crippen LogP contribution < -0.4 is 5.32 Å². The van der Waals surface area contributed by atoms with E-state index in [-0.39, 0.29) is 30.4 Å². The molecule has 1 rings (SSSR count). The molecule has 4 nitrogen and oxygen atoms in total. The van der Waals surface area contributed by atoms with Crippen LogP contribution in [0.3, 0.4) is 0 Å². The maximum Gasteiger partial charge on any atom is 0.245 e. The van der Waals surface area contributed by atoms with Crippen molar-refractivity contribution in [2.45, 2.75) is 52.6 Å². The zero-order valence-corrected chi connectivity index (χ0v) is 10.6. The van der Waals surface area contributed by atoms with Crippen LogP contribution in [0, 0.1) is 5.92 Å². The summed E-state index contributed by atoms with van der Waals surface area (Å²) >= 11 is 0. The van der Waals surface area contributed by atoms with E-state index in [2.05, 4.69) is 19.2 Å². The SMILES string of the molecule is CCCC1NC(=O)CN(C(C)C(C)C)C1=O. The normalized spacial score (nSPS) is 23.6. The lowest BCUT2D eigenvalue weighted by Crippen LogP contribution is -2.60. The second-order valence-corrected chi connectivity index (χ2v) is 4.86. The van der Waals surface area contributed by atoms with Gasteiger partial charge in [0.2, 0.25) is 11.8 Å². The Kier molecular flexibility index (Phi) is 4.33. The van der Waals surface area contributed by atoms with E-state index in [9.17, 15) is 9.59 Å². The smallest absolute Gasteiger partial charge is 0.245 e. The number of piperazine rings is 1. The summed E-state index contributed by atoms with van der Waals surface area (Å²) in [5.41, 5.74) is 0. The molecule has 1 aliphatic heterocycles. The van der Waals surface area contributed by atoms with E-state index in [1.165, 1.54) is 0 Å². The average molecular weight is 226 g/mol. The highest BCUT2D eigenvalue weighted by molar-refractivity contribution is 5.94. The fraction of sp³-hybridized carbons (Fsp3) is 0.833. The van der Waals surface area contributed by atoms with E-state index < -0.39 is 0 Å². The molecule has 0 aromatic heterocycles. The van der Waals surface area contributed by atoms with Crippen molar-refractivity contribution in [2.75, 3.05) is 6.54 Å². The minimum Gasteiger partial charge on any atom is -0.343 e. The van der Waals surface area contributed by atoms with E-state index in [4.69, 9.17) is 0 Å². The molecule has 0 aromatic carbocycles. The number of rotatable bonds is 4. The van der Waals surface area contributed by atoms with Crippen molar-refractivity contribution >= 4 is 11.8 Å². The fourth-order valence-electron chi connectivity index (χ4n) is 1.92. The zero-order chi connectivity index (χ0) is 12.3. The quantitative estimate of drug-likeness (QED) is 0.782. The standard InChI is InChI=1S/C12H22N2O2/c1-5-6-10-12(16)14(7-11(15)13-10)9(4)8(2)3/h8-10H,5-7H2,1-4H3,(H,13,15). The van der Waals surface area contributed by atoms with E-state index in [1.54, 1.807) is 4.90 Å². The molecule has 0 saturated carbocycles. The lowest BCUT2D eigenvalue weighted by molar-refractivity contribution is -0.147. The lowest BCUT2D eigenvalue weighted by Gasteiger charge is -2.38. The van der Waals surface area contributed by atoms with Crippen LogP contribution >= 0.6 is 0 Å². The van der Waals surface area contributed by atoms with Crippen molar-refractivity contribution in [3.05, 3.63) is 0 Å². The van der Waals surface area contributed by atoms with Crippen molar-refractivity contribution in [3.63, 3.8) is 0 Å². The minimum absolute atomic E-state index is 0.0365. The van der Waals surface area contributed by atoms with Gasteiger partial charge in [0.05, 0.1) is 6.54 Å². The highest BCUT2D eigenvalue weighted by Crippen LogP contribution is 2.16. The van der Waals surface area contributed by atoms with E-state index in [0.717, 1.165) is 12.8 Å². The van der Waals surface area contributed by atoms with Crippen molar-refractivity contribution < 1.29 is 9.59 Å². The van der Waals surface area contributed by atoms with Crippen LogP contribution in [0.15, 0.2) is 0 Å². The third kappa shape index (κ3) is 2.74. The van der Waals surface area contributed by atoms with Crippen LogP contribution in [0.1, 0.15) is 40.5 Å². The lowest BCUT2D eigenvalue weighted by atomic mass is 10.0. The largest absolute Gasteiger partial charge is 0.343 e. The first-order chi connectivity index (χ1) is 7.47. The van der Waals surface area contributed by atoms with Crippen LogP contribution in [-0.2, 0) is 9.59 Å². The molecule has 0 radical (unpaired) electrons. The van der Waals surface area contributed by atoms with Crippen molar-refractivity contribution in [3.8, 4) is 0 Å². The summed E-state index contributed by atoms with van der Waals surface area (Å²) in [6, 6.07) is -0.189. The third-order valence-electron chi connectivity index (χ3n) is 3.26. The first-order valence-corrected chi connectivity index (χ1v) is 6.07. The monoisotopic (exact) mass is 226 g/mol. The Morgan fingerprint density at radius 1 is 1.38 bits per heavy atom. The number of carbonyl (C=O) groups excluding carboxylic acids is 2. The Balaban J connectivity index is 2.76. The maximum atomic E-state index is 12.1. The predicted molar refractivity (Wildman–Crippen MR) is 62.9 cm³/mol. The number of hydrogen-bond acceptors (Lipinski definition) is 2. The van der Waals surface area contributed by atoms with Gasteiger partial charge in [0.25, 0.3) is 0 Å². The Bertz CT molecular complexity index is 276. The topological polar surface area (TPSA) is 49.4 Å². The summed E-state index contributed by atoms with van der Waals surface area (Å²) < 4.78 is 0. The molecule has 1 fully saturated rings. The molecule has 1 saturated heterocycles. The average Bonchev–Trinajstić information content (AvgIpc) is 2.22. The number of hydrogen-bond donors (Lipinski definition) is 1. The van der Waals surface area contributed by atoms with Crippen LogP contribution in [-0.4, -0.2) is 35.3 Å². The van der Waals surface area contributed by atoms with Gasteiger partial charge in [-0.1, -0.05) is 27.2 Å². The second kappa shape index (κ2) is 5.32. The Hall–Kier alpha value is -1.06. The van der Waals surface area contributed by atoms with Crippen LogP contribution in [0.4, 0.5) is 0 Å². The Morgan fingerprint density at radius 3 is 2.50 bits per heavy atom. The second-order valence-electron chi connectivity index (χ2n) is 4.86. The Morgan fingerprint density at radius 2 is 2.00 bits per heavy atom. The number of nitrogens with one attached hydrogen (secondary N) is 1. The number of nitrogens with zero attached hydrogens (tertiary/aromatic N) is 1. The molecule has 1 heterocycles. The molecule has 0 aliphatic carbocycles. The van der Waals surface area contributed by atoms with Crippen LogP contribution in [0.5, 0.6) is 0 Å². The molecule has 0 spiro atoms. The van der Waals surface area contributed by atoms with Gasteiger partial charge in [-0.05, 0) is 19.3 Å². The summed E-state index contributed by atoms with van der Waals surface area (Å²) in [4.78, 5) is 25.4. The van der Waals surface area contributed by atoms with Gasteiger partial charge in [0, 0.05) is 6.04 Å². The van der Waals surface area contributed by atoms with E-state index >= 15 is 0 Å². The predicted octanol–water partition coefficient (Wildman–Crippen LogP) is 1.16. The molecule has 0 aromatic rings. The molecule has 92 valence electrons. The molecular formula is C12H22N2O2. The van der Waals surface area contributed by atoms with Gasteiger partial charge < -0.3 is 10.2 Å². The Labute approximate surface area is 97.4 Å². The first kappa shape index (κ1) is 13.0. The molecule has 2 atom stereocenters.